The summed E-state index contributed by atoms with van der Waals surface area (Å²) in [4.78, 5) is 0. The zero-order valence-corrected chi connectivity index (χ0v) is 16.5. The highest BCUT2D eigenvalue weighted by Crippen LogP contribution is 2.33. The van der Waals surface area contributed by atoms with Crippen LogP contribution in [0.1, 0.15) is 16.7 Å². The number of para-hydroxylation sites is 2. The van der Waals surface area contributed by atoms with Crippen LogP contribution in [0.4, 0.5) is 0 Å². The molecule has 0 fully saturated rings. The van der Waals surface area contributed by atoms with E-state index in [-0.39, 0.29) is 0 Å². The number of rotatable bonds is 2. The summed E-state index contributed by atoms with van der Waals surface area (Å²) >= 11 is 0. The molecule has 0 spiro atoms. The van der Waals surface area contributed by atoms with Gasteiger partial charge in [-0.05, 0) is 72.9 Å². The number of hydrogen-bond donors (Lipinski definition) is 0. The quantitative estimate of drug-likeness (QED) is 0.309. The van der Waals surface area contributed by atoms with E-state index in [0.717, 1.165) is 0 Å². The fourth-order valence-electron chi connectivity index (χ4n) is 4.21. The Morgan fingerprint density at radius 3 is 1.57 bits per heavy atom. The second-order valence-corrected chi connectivity index (χ2v) is 7.65. The molecule has 0 bridgehead atoms. The average Bonchev–Trinajstić information content (AvgIpc) is 3.06. The van der Waals surface area contributed by atoms with Crippen LogP contribution in [0.15, 0.2) is 84.9 Å². The minimum absolute atomic E-state index is 1.20. The lowest BCUT2D eigenvalue weighted by molar-refractivity contribution is 1.18. The van der Waals surface area contributed by atoms with Crippen molar-refractivity contribution < 1.29 is 0 Å². The van der Waals surface area contributed by atoms with E-state index in [1.807, 2.05) is 0 Å². The summed E-state index contributed by atoms with van der Waals surface area (Å²) in [5.74, 6) is 0. The van der Waals surface area contributed by atoms with Gasteiger partial charge in [-0.2, -0.15) is 0 Å². The molecule has 28 heavy (non-hydrogen) atoms. The van der Waals surface area contributed by atoms with Gasteiger partial charge in [0, 0.05) is 16.5 Å². The number of aromatic nitrogens is 1. The third-order valence-corrected chi connectivity index (χ3v) is 5.97. The maximum absolute atomic E-state index is 2.36. The van der Waals surface area contributed by atoms with Crippen LogP contribution >= 0.6 is 0 Å². The minimum atomic E-state index is 1.20. The predicted molar refractivity (Wildman–Crippen MR) is 120 cm³/mol. The molecule has 1 heterocycles. The van der Waals surface area contributed by atoms with Crippen LogP contribution in [0.25, 0.3) is 38.6 Å². The second-order valence-electron chi connectivity index (χ2n) is 7.65. The smallest absolute Gasteiger partial charge is 0.0541 e. The Hall–Kier alpha value is -3.32. The van der Waals surface area contributed by atoms with Crippen molar-refractivity contribution in [2.75, 3.05) is 0 Å². The molecule has 1 aromatic heterocycles. The highest BCUT2D eigenvalue weighted by Gasteiger charge is 2.11. The van der Waals surface area contributed by atoms with E-state index in [1.54, 1.807) is 0 Å². The lowest BCUT2D eigenvalue weighted by Crippen LogP contribution is -1.94. The lowest BCUT2D eigenvalue weighted by Gasteiger charge is -2.11. The van der Waals surface area contributed by atoms with E-state index in [1.165, 1.54) is 55.3 Å². The molecule has 0 N–H and O–H groups in total. The van der Waals surface area contributed by atoms with Crippen LogP contribution in [0.5, 0.6) is 0 Å². The van der Waals surface area contributed by atoms with Gasteiger partial charge >= 0.3 is 0 Å². The van der Waals surface area contributed by atoms with Crippen LogP contribution in [-0.2, 0) is 0 Å². The van der Waals surface area contributed by atoms with Crippen molar-refractivity contribution in [2.24, 2.45) is 0 Å². The topological polar surface area (TPSA) is 4.93 Å². The van der Waals surface area contributed by atoms with Crippen LogP contribution in [0.3, 0.4) is 0 Å². The SMILES string of the molecule is Cc1cc(-c2ccc(-n3c4ccccc4c4ccccc43)cc2)cc(C)c1C. The van der Waals surface area contributed by atoms with Gasteiger partial charge in [0.15, 0.2) is 0 Å². The van der Waals surface area contributed by atoms with Crippen molar-refractivity contribution in [1.29, 1.82) is 0 Å². The fourth-order valence-corrected chi connectivity index (χ4v) is 4.21. The molecule has 5 rings (SSSR count). The Kier molecular flexibility index (Phi) is 3.84. The molecule has 0 aliphatic heterocycles. The first-order chi connectivity index (χ1) is 13.6. The maximum Gasteiger partial charge on any atom is 0.0541 e. The standard InChI is InChI=1S/C27H23N/c1-18-16-22(17-19(2)20(18)3)21-12-14-23(15-13-21)28-26-10-6-4-8-24(26)25-9-5-7-11-27(25)28/h4-17H,1-3H3. The van der Waals surface area contributed by atoms with Crippen molar-refractivity contribution in [3.8, 4) is 16.8 Å². The van der Waals surface area contributed by atoms with E-state index in [0.29, 0.717) is 0 Å². The molecule has 0 unspecified atom stereocenters. The summed E-state index contributed by atoms with van der Waals surface area (Å²) in [7, 11) is 0. The molecule has 0 aliphatic rings. The zero-order chi connectivity index (χ0) is 19.3. The Bertz CT molecular complexity index is 1240. The summed E-state index contributed by atoms with van der Waals surface area (Å²) in [6.45, 7) is 6.58. The van der Waals surface area contributed by atoms with Gasteiger partial charge in [0.25, 0.3) is 0 Å². The van der Waals surface area contributed by atoms with Gasteiger partial charge in [-0.25, -0.2) is 0 Å². The first-order valence-electron chi connectivity index (χ1n) is 9.80. The largest absolute Gasteiger partial charge is 0.309 e. The first kappa shape index (κ1) is 16.8. The fraction of sp³-hybridized carbons (Fsp3) is 0.111. The normalized spacial score (nSPS) is 11.4. The highest BCUT2D eigenvalue weighted by atomic mass is 15.0. The first-order valence-corrected chi connectivity index (χ1v) is 9.80. The van der Waals surface area contributed by atoms with Gasteiger partial charge in [0.1, 0.15) is 0 Å². The average molecular weight is 361 g/mol. The number of nitrogens with zero attached hydrogens (tertiary/aromatic N) is 1. The third kappa shape index (κ3) is 2.55. The van der Waals surface area contributed by atoms with Gasteiger partial charge in [-0.1, -0.05) is 60.7 Å². The van der Waals surface area contributed by atoms with Gasteiger partial charge in [-0.3, -0.25) is 0 Å². The summed E-state index contributed by atoms with van der Waals surface area (Å²) < 4.78 is 2.36. The monoisotopic (exact) mass is 361 g/mol. The molecule has 5 aromatic rings. The molecular formula is C27H23N. The Labute approximate surface area is 165 Å². The second kappa shape index (κ2) is 6.38. The number of aryl methyl sites for hydroxylation is 2. The summed E-state index contributed by atoms with van der Waals surface area (Å²) in [6.07, 6.45) is 0. The molecular weight excluding hydrogens is 338 g/mol. The number of hydrogen-bond acceptors (Lipinski definition) is 0. The maximum atomic E-state index is 2.36. The van der Waals surface area contributed by atoms with Gasteiger partial charge < -0.3 is 4.57 Å². The molecule has 4 aromatic carbocycles. The molecule has 0 saturated heterocycles. The van der Waals surface area contributed by atoms with Crippen molar-refractivity contribution in [1.82, 2.24) is 4.57 Å². The van der Waals surface area contributed by atoms with Crippen molar-refractivity contribution >= 4 is 21.8 Å². The van der Waals surface area contributed by atoms with E-state index in [9.17, 15) is 0 Å². The molecule has 1 heteroatoms. The molecule has 0 saturated carbocycles. The van der Waals surface area contributed by atoms with Crippen molar-refractivity contribution in [2.45, 2.75) is 20.8 Å². The Morgan fingerprint density at radius 2 is 1.04 bits per heavy atom. The van der Waals surface area contributed by atoms with E-state index in [2.05, 4.69) is 110 Å². The summed E-state index contributed by atoms with van der Waals surface area (Å²) in [5, 5.41) is 2.60. The number of fused-ring (bicyclic) bond motifs is 3. The molecule has 0 atom stereocenters. The molecule has 0 radical (unpaired) electrons. The van der Waals surface area contributed by atoms with Crippen LogP contribution in [0.2, 0.25) is 0 Å². The van der Waals surface area contributed by atoms with Crippen LogP contribution in [0, 0.1) is 20.8 Å². The van der Waals surface area contributed by atoms with Gasteiger partial charge in [0.05, 0.1) is 11.0 Å². The Morgan fingerprint density at radius 1 is 0.536 bits per heavy atom. The zero-order valence-electron chi connectivity index (χ0n) is 16.5. The summed E-state index contributed by atoms with van der Waals surface area (Å²) in [6, 6.07) is 30.8. The minimum Gasteiger partial charge on any atom is -0.309 e. The van der Waals surface area contributed by atoms with Crippen molar-refractivity contribution in [3.63, 3.8) is 0 Å². The van der Waals surface area contributed by atoms with E-state index >= 15 is 0 Å². The lowest BCUT2D eigenvalue weighted by atomic mass is 9.96. The van der Waals surface area contributed by atoms with Crippen molar-refractivity contribution in [3.05, 3.63) is 102 Å². The van der Waals surface area contributed by atoms with E-state index < -0.39 is 0 Å². The van der Waals surface area contributed by atoms with Crippen LogP contribution < -0.4 is 0 Å². The Balaban J connectivity index is 1.67. The van der Waals surface area contributed by atoms with Crippen LogP contribution in [-0.4, -0.2) is 4.57 Å². The van der Waals surface area contributed by atoms with E-state index in [4.69, 9.17) is 0 Å². The van der Waals surface area contributed by atoms with Gasteiger partial charge in [0.2, 0.25) is 0 Å². The molecule has 1 nitrogen and oxygen atoms in total. The summed E-state index contributed by atoms with van der Waals surface area (Å²) in [5.41, 5.74) is 10.3. The molecule has 0 aliphatic carbocycles. The molecule has 136 valence electrons. The predicted octanol–water partition coefficient (Wildman–Crippen LogP) is 7.38. The highest BCUT2D eigenvalue weighted by molar-refractivity contribution is 6.09. The number of benzene rings is 4. The molecule has 0 amide bonds. The van der Waals surface area contributed by atoms with Gasteiger partial charge in [-0.15, -0.1) is 0 Å². The third-order valence-electron chi connectivity index (χ3n) is 5.97.